The van der Waals surface area contributed by atoms with E-state index in [9.17, 15) is 14.4 Å². The topological polar surface area (TPSA) is 66.5 Å². The number of benzene rings is 3. The van der Waals surface area contributed by atoms with E-state index in [0.29, 0.717) is 17.5 Å². The van der Waals surface area contributed by atoms with Crippen LogP contribution < -0.4 is 5.32 Å². The summed E-state index contributed by atoms with van der Waals surface area (Å²) in [4.78, 5) is 39.3. The summed E-state index contributed by atoms with van der Waals surface area (Å²) in [5.74, 6) is -0.685. The van der Waals surface area contributed by atoms with E-state index in [1.54, 1.807) is 12.1 Å². The van der Waals surface area contributed by atoms with E-state index < -0.39 is 0 Å². The first-order valence-corrected chi connectivity index (χ1v) is 9.78. The van der Waals surface area contributed by atoms with E-state index >= 15 is 0 Å². The van der Waals surface area contributed by atoms with Crippen molar-refractivity contribution in [3.8, 4) is 0 Å². The lowest BCUT2D eigenvalue weighted by Gasteiger charge is -2.27. The second-order valence-electron chi connectivity index (χ2n) is 7.27. The Hall–Kier alpha value is -3.47. The molecule has 3 aromatic rings. The Balaban J connectivity index is 1.40. The van der Waals surface area contributed by atoms with Crippen LogP contribution in [0.25, 0.3) is 10.8 Å². The highest BCUT2D eigenvalue weighted by Gasteiger charge is 2.32. The predicted octanol–water partition coefficient (Wildman–Crippen LogP) is 4.09. The van der Waals surface area contributed by atoms with Gasteiger partial charge in [-0.2, -0.15) is 0 Å². The lowest BCUT2D eigenvalue weighted by molar-refractivity contribution is -0.121. The molecule has 3 aromatic carbocycles. The van der Waals surface area contributed by atoms with E-state index in [4.69, 9.17) is 0 Å². The largest absolute Gasteiger partial charge is 0.350 e. The Morgan fingerprint density at radius 1 is 0.897 bits per heavy atom. The molecule has 1 aliphatic heterocycles. The third kappa shape index (κ3) is 3.63. The Labute approximate surface area is 169 Å². The van der Waals surface area contributed by atoms with Gasteiger partial charge in [0.1, 0.15) is 0 Å². The molecule has 0 aromatic heterocycles. The number of carbonyl (C=O) groups excluding carboxylic acids is 3. The van der Waals surface area contributed by atoms with Gasteiger partial charge in [-0.3, -0.25) is 19.3 Å². The third-order valence-corrected chi connectivity index (χ3v) is 5.32. The number of nitrogens with one attached hydrogen (secondary N) is 1. The molecule has 1 unspecified atom stereocenters. The molecule has 1 atom stereocenters. The zero-order valence-corrected chi connectivity index (χ0v) is 16.2. The van der Waals surface area contributed by atoms with Crippen molar-refractivity contribution >= 4 is 28.5 Å². The number of rotatable bonds is 6. The molecule has 5 heteroatoms. The number of hydrogen-bond acceptors (Lipinski definition) is 3. The van der Waals surface area contributed by atoms with Crippen LogP contribution in [0.2, 0.25) is 0 Å². The molecule has 0 saturated heterocycles. The minimum Gasteiger partial charge on any atom is -0.350 e. The number of carbonyl (C=O) groups is 3. The summed E-state index contributed by atoms with van der Waals surface area (Å²) in [6.07, 6.45) is 0.670. The molecule has 1 N–H and O–H groups in total. The van der Waals surface area contributed by atoms with Crippen LogP contribution in [-0.2, 0) is 4.79 Å². The maximum absolute atomic E-state index is 12.9. The molecule has 146 valence electrons. The fourth-order valence-corrected chi connectivity index (χ4v) is 3.82. The van der Waals surface area contributed by atoms with Gasteiger partial charge in [0.15, 0.2) is 0 Å². The van der Waals surface area contributed by atoms with Crippen LogP contribution in [0.4, 0.5) is 0 Å². The van der Waals surface area contributed by atoms with Crippen molar-refractivity contribution < 1.29 is 14.4 Å². The molecule has 0 radical (unpaired) electrons. The molecule has 0 aliphatic carbocycles. The second-order valence-corrected chi connectivity index (χ2v) is 7.27. The molecule has 29 heavy (non-hydrogen) atoms. The predicted molar refractivity (Wildman–Crippen MR) is 112 cm³/mol. The van der Waals surface area contributed by atoms with Gasteiger partial charge in [-0.25, -0.2) is 0 Å². The van der Waals surface area contributed by atoms with Crippen molar-refractivity contribution in [2.75, 3.05) is 6.54 Å². The first-order valence-electron chi connectivity index (χ1n) is 9.78. The fourth-order valence-electron chi connectivity index (χ4n) is 3.82. The number of hydrogen-bond donors (Lipinski definition) is 1. The maximum Gasteiger partial charge on any atom is 0.261 e. The lowest BCUT2D eigenvalue weighted by atomic mass is 9.94. The van der Waals surface area contributed by atoms with E-state index in [2.05, 4.69) is 5.32 Å². The van der Waals surface area contributed by atoms with Crippen LogP contribution in [0.1, 0.15) is 52.1 Å². The molecular weight excluding hydrogens is 364 g/mol. The zero-order valence-electron chi connectivity index (χ0n) is 16.2. The highest BCUT2D eigenvalue weighted by atomic mass is 16.2. The Morgan fingerprint density at radius 2 is 1.52 bits per heavy atom. The van der Waals surface area contributed by atoms with Gasteiger partial charge in [-0.1, -0.05) is 54.6 Å². The smallest absolute Gasteiger partial charge is 0.261 e. The number of imide groups is 1. The van der Waals surface area contributed by atoms with E-state index in [1.165, 1.54) is 4.90 Å². The van der Waals surface area contributed by atoms with E-state index in [-0.39, 0.29) is 36.7 Å². The molecule has 3 amide bonds. The highest BCUT2D eigenvalue weighted by molar-refractivity contribution is 6.25. The summed E-state index contributed by atoms with van der Waals surface area (Å²) in [5, 5.41) is 4.56. The van der Waals surface area contributed by atoms with Crippen LogP contribution in [0.5, 0.6) is 0 Å². The van der Waals surface area contributed by atoms with E-state index in [0.717, 1.165) is 16.3 Å². The summed E-state index contributed by atoms with van der Waals surface area (Å²) in [6, 6.07) is 20.6. The summed E-state index contributed by atoms with van der Waals surface area (Å²) in [5.41, 5.74) is 2.12. The summed E-state index contributed by atoms with van der Waals surface area (Å²) in [6.45, 7) is 2.15. The quantitative estimate of drug-likeness (QED) is 0.649. The standard InChI is InChI=1S/C24H22N2O3/c1-16(17-8-3-2-4-9-17)25-21(27)14-7-15-26-23(28)19-12-5-10-18-11-6-13-20(22(18)19)24(26)29/h2-6,8-13,16H,7,14-15H2,1H3,(H,25,27). The fraction of sp³-hybridized carbons (Fsp3) is 0.208. The summed E-state index contributed by atoms with van der Waals surface area (Å²) >= 11 is 0. The van der Waals surface area contributed by atoms with E-state index in [1.807, 2.05) is 61.5 Å². The van der Waals surface area contributed by atoms with Crippen molar-refractivity contribution in [2.45, 2.75) is 25.8 Å². The van der Waals surface area contributed by atoms with Gasteiger partial charge < -0.3 is 5.32 Å². The van der Waals surface area contributed by atoms with Crippen molar-refractivity contribution in [1.82, 2.24) is 10.2 Å². The molecule has 5 nitrogen and oxygen atoms in total. The van der Waals surface area contributed by atoms with Crippen LogP contribution in [0, 0.1) is 0 Å². The van der Waals surface area contributed by atoms with Crippen molar-refractivity contribution in [3.05, 3.63) is 83.4 Å². The van der Waals surface area contributed by atoms with Gasteiger partial charge >= 0.3 is 0 Å². The van der Waals surface area contributed by atoms with Gasteiger partial charge in [-0.15, -0.1) is 0 Å². The molecule has 0 spiro atoms. The van der Waals surface area contributed by atoms with Gasteiger partial charge in [0.05, 0.1) is 6.04 Å². The van der Waals surface area contributed by atoms with Crippen molar-refractivity contribution in [3.63, 3.8) is 0 Å². The molecule has 1 aliphatic rings. The number of amides is 3. The monoisotopic (exact) mass is 386 g/mol. The summed E-state index contributed by atoms with van der Waals surface area (Å²) < 4.78 is 0. The molecular formula is C24H22N2O3. The Morgan fingerprint density at radius 3 is 2.14 bits per heavy atom. The molecule has 0 fully saturated rings. The third-order valence-electron chi connectivity index (χ3n) is 5.32. The van der Waals surface area contributed by atoms with Crippen LogP contribution in [0.3, 0.4) is 0 Å². The van der Waals surface area contributed by atoms with Gasteiger partial charge in [-0.05, 0) is 36.4 Å². The summed E-state index contributed by atoms with van der Waals surface area (Å²) in [7, 11) is 0. The average Bonchev–Trinajstić information content (AvgIpc) is 2.74. The lowest BCUT2D eigenvalue weighted by Crippen LogP contribution is -2.41. The molecule has 4 rings (SSSR count). The first kappa shape index (κ1) is 18.9. The molecule has 1 heterocycles. The Bertz CT molecular complexity index is 1040. The molecule has 0 saturated carbocycles. The minimum absolute atomic E-state index is 0.0913. The van der Waals surface area contributed by atoms with Gasteiger partial charge in [0.2, 0.25) is 5.91 Å². The first-order chi connectivity index (χ1) is 14.1. The van der Waals surface area contributed by atoms with Gasteiger partial charge in [0, 0.05) is 29.5 Å². The normalized spacial score (nSPS) is 14.2. The highest BCUT2D eigenvalue weighted by Crippen LogP contribution is 2.30. The second kappa shape index (κ2) is 7.87. The van der Waals surface area contributed by atoms with Crippen LogP contribution in [-0.4, -0.2) is 29.2 Å². The van der Waals surface area contributed by atoms with Crippen molar-refractivity contribution in [2.24, 2.45) is 0 Å². The minimum atomic E-state index is -0.294. The maximum atomic E-state index is 12.9. The van der Waals surface area contributed by atoms with Crippen molar-refractivity contribution in [1.29, 1.82) is 0 Å². The average molecular weight is 386 g/mol. The van der Waals surface area contributed by atoms with Crippen LogP contribution in [0.15, 0.2) is 66.7 Å². The van der Waals surface area contributed by atoms with Gasteiger partial charge in [0.25, 0.3) is 11.8 Å². The van der Waals surface area contributed by atoms with Crippen LogP contribution >= 0.6 is 0 Å². The Kier molecular flexibility index (Phi) is 5.12. The SMILES string of the molecule is CC(NC(=O)CCCN1C(=O)c2cccc3cccc(c23)C1=O)c1ccccc1. The number of nitrogens with zero attached hydrogens (tertiary/aromatic N) is 1. The zero-order chi connectivity index (χ0) is 20.4. The molecule has 0 bridgehead atoms.